The topological polar surface area (TPSA) is 0 Å². The largest absolute Gasteiger partial charge is 0.413 e. The van der Waals surface area contributed by atoms with Crippen LogP contribution in [-0.2, 0) is 0 Å². The van der Waals surface area contributed by atoms with E-state index in [2.05, 4.69) is 0 Å². The molecule has 0 bridgehead atoms. The van der Waals surface area contributed by atoms with Gasteiger partial charge in [-0.15, -0.1) is 0 Å². The van der Waals surface area contributed by atoms with Gasteiger partial charge in [0.1, 0.15) is 0 Å². The van der Waals surface area contributed by atoms with Crippen LogP contribution >= 0.6 is 11.6 Å². The molecule has 0 fully saturated rings. The molecule has 0 nitrogen and oxygen atoms in total. The van der Waals surface area contributed by atoms with Crippen LogP contribution in [0, 0.1) is 0 Å². The van der Waals surface area contributed by atoms with E-state index in [4.69, 9.17) is 11.6 Å². The molecule has 0 aliphatic heterocycles. The first-order chi connectivity index (χ1) is 5.30. The van der Waals surface area contributed by atoms with Crippen molar-refractivity contribution >= 4 is 11.6 Å². The molecular weight excluding hydrogens is 189 g/mol. The van der Waals surface area contributed by atoms with E-state index in [-0.39, 0.29) is 5.03 Å². The Bertz CT molecular complexity index is 223. The highest BCUT2D eigenvalue weighted by Gasteiger charge is 2.32. The Morgan fingerprint density at radius 3 is 1.92 bits per heavy atom. The normalized spacial score (nSPS) is 16.1. The van der Waals surface area contributed by atoms with E-state index in [9.17, 15) is 13.2 Å². The maximum Gasteiger partial charge on any atom is 0.413 e. The zero-order chi connectivity index (χ0) is 9.94. The Kier molecular flexibility index (Phi) is 3.84. The number of allylic oxidation sites excluding steroid dienone is 4. The number of hydrogen-bond acceptors (Lipinski definition) is 0. The molecule has 0 atom stereocenters. The van der Waals surface area contributed by atoms with Crippen molar-refractivity contribution in [1.29, 1.82) is 0 Å². The smallest absolute Gasteiger partial charge is 0.166 e. The van der Waals surface area contributed by atoms with E-state index < -0.39 is 11.7 Å². The Balaban J connectivity index is 4.96. The first-order valence-electron chi connectivity index (χ1n) is 3.37. The molecule has 70 valence electrons. The van der Waals surface area contributed by atoms with Gasteiger partial charge in [-0.1, -0.05) is 17.7 Å². The predicted molar refractivity (Wildman–Crippen MR) is 44.0 cm³/mol. The van der Waals surface area contributed by atoms with Gasteiger partial charge in [0.05, 0.1) is 5.03 Å². The van der Waals surface area contributed by atoms with Crippen LogP contribution in [0.5, 0.6) is 0 Å². The lowest BCUT2D eigenvalue weighted by Gasteiger charge is -2.09. The average molecular weight is 199 g/mol. The summed E-state index contributed by atoms with van der Waals surface area (Å²) in [6.45, 7) is 4.15. The minimum Gasteiger partial charge on any atom is -0.166 e. The van der Waals surface area contributed by atoms with Crippen LogP contribution in [0.2, 0.25) is 0 Å². The summed E-state index contributed by atoms with van der Waals surface area (Å²) < 4.78 is 36.1. The van der Waals surface area contributed by atoms with Gasteiger partial charge in [0.15, 0.2) is 0 Å². The van der Waals surface area contributed by atoms with Crippen LogP contribution in [0.25, 0.3) is 0 Å². The molecule has 0 radical (unpaired) electrons. The molecule has 0 amide bonds. The van der Waals surface area contributed by atoms with Crippen molar-refractivity contribution < 1.29 is 13.2 Å². The fourth-order valence-corrected chi connectivity index (χ4v) is 0.763. The van der Waals surface area contributed by atoms with E-state index in [0.29, 0.717) is 5.57 Å². The van der Waals surface area contributed by atoms with Crippen LogP contribution in [0.3, 0.4) is 0 Å². The standard InChI is InChI=1S/C8H10ClF3/c1-4-5(2)7(9)6(3)8(10,11)12/h4H,1-3H3/b5-4-,7-6-. The van der Waals surface area contributed by atoms with Crippen molar-refractivity contribution in [3.05, 3.63) is 22.3 Å². The van der Waals surface area contributed by atoms with Gasteiger partial charge in [-0.3, -0.25) is 0 Å². The molecule has 0 unspecified atom stereocenters. The Hall–Kier alpha value is -0.440. The van der Waals surface area contributed by atoms with E-state index in [1.165, 1.54) is 13.0 Å². The molecule has 4 heteroatoms. The second-order valence-electron chi connectivity index (χ2n) is 2.41. The van der Waals surface area contributed by atoms with Crippen molar-refractivity contribution in [3.63, 3.8) is 0 Å². The fraction of sp³-hybridized carbons (Fsp3) is 0.500. The van der Waals surface area contributed by atoms with Crippen LogP contribution in [-0.4, -0.2) is 6.18 Å². The van der Waals surface area contributed by atoms with Crippen molar-refractivity contribution in [1.82, 2.24) is 0 Å². The summed E-state index contributed by atoms with van der Waals surface area (Å²) in [5.74, 6) is 0. The van der Waals surface area contributed by atoms with Crippen LogP contribution in [0.1, 0.15) is 20.8 Å². The quantitative estimate of drug-likeness (QED) is 0.558. The molecule has 0 N–H and O–H groups in total. The lowest BCUT2D eigenvalue weighted by Crippen LogP contribution is -2.10. The third-order valence-corrected chi connectivity index (χ3v) is 2.12. The highest BCUT2D eigenvalue weighted by molar-refractivity contribution is 6.32. The molecule has 0 aromatic carbocycles. The van der Waals surface area contributed by atoms with Crippen molar-refractivity contribution in [2.75, 3.05) is 0 Å². The molecule has 12 heavy (non-hydrogen) atoms. The second kappa shape index (κ2) is 3.99. The molecule has 0 saturated carbocycles. The van der Waals surface area contributed by atoms with E-state index in [1.54, 1.807) is 6.92 Å². The summed E-state index contributed by atoms with van der Waals surface area (Å²) in [7, 11) is 0. The molecule has 0 saturated heterocycles. The molecule has 0 spiro atoms. The van der Waals surface area contributed by atoms with Gasteiger partial charge >= 0.3 is 6.18 Å². The third-order valence-electron chi connectivity index (χ3n) is 1.53. The van der Waals surface area contributed by atoms with Gasteiger partial charge in [0.25, 0.3) is 0 Å². The molecule has 0 heterocycles. The maximum absolute atomic E-state index is 12.0. The van der Waals surface area contributed by atoms with Gasteiger partial charge in [0, 0.05) is 5.57 Å². The lowest BCUT2D eigenvalue weighted by atomic mass is 10.2. The van der Waals surface area contributed by atoms with Gasteiger partial charge < -0.3 is 0 Å². The molecule has 0 aromatic heterocycles. The van der Waals surface area contributed by atoms with Crippen LogP contribution < -0.4 is 0 Å². The second-order valence-corrected chi connectivity index (χ2v) is 2.79. The van der Waals surface area contributed by atoms with Gasteiger partial charge in [0.2, 0.25) is 0 Å². The summed E-state index contributed by atoms with van der Waals surface area (Å²) in [5, 5.41) is -0.218. The lowest BCUT2D eigenvalue weighted by molar-refractivity contribution is -0.0916. The van der Waals surface area contributed by atoms with E-state index in [1.807, 2.05) is 0 Å². The first kappa shape index (κ1) is 11.6. The summed E-state index contributed by atoms with van der Waals surface area (Å²) >= 11 is 5.46. The van der Waals surface area contributed by atoms with Crippen molar-refractivity contribution in [2.24, 2.45) is 0 Å². The maximum atomic E-state index is 12.0. The molecule has 0 rings (SSSR count). The van der Waals surface area contributed by atoms with E-state index in [0.717, 1.165) is 6.92 Å². The summed E-state index contributed by atoms with van der Waals surface area (Å²) in [5.41, 5.74) is -0.314. The molecular formula is C8H10ClF3. The average Bonchev–Trinajstić information content (AvgIpc) is 1.98. The molecule has 0 aliphatic carbocycles. The Morgan fingerprint density at radius 2 is 1.67 bits per heavy atom. The van der Waals surface area contributed by atoms with Crippen LogP contribution in [0.4, 0.5) is 13.2 Å². The number of rotatable bonds is 1. The van der Waals surface area contributed by atoms with Crippen molar-refractivity contribution in [2.45, 2.75) is 26.9 Å². The summed E-state index contributed by atoms with van der Waals surface area (Å²) in [6.07, 6.45) is -2.79. The molecule has 0 aliphatic rings. The highest BCUT2D eigenvalue weighted by atomic mass is 35.5. The SMILES string of the molecule is C/C=C(C)\C(Cl)=C(/C)C(F)(F)F. The first-order valence-corrected chi connectivity index (χ1v) is 3.75. The van der Waals surface area contributed by atoms with Gasteiger partial charge in [-0.05, 0) is 26.3 Å². The van der Waals surface area contributed by atoms with Gasteiger partial charge in [-0.2, -0.15) is 13.2 Å². The molecule has 0 aromatic rings. The van der Waals surface area contributed by atoms with Crippen LogP contribution in [0.15, 0.2) is 22.3 Å². The summed E-state index contributed by atoms with van der Waals surface area (Å²) in [4.78, 5) is 0. The third kappa shape index (κ3) is 2.89. The monoisotopic (exact) mass is 198 g/mol. The number of hydrogen-bond donors (Lipinski definition) is 0. The Morgan fingerprint density at radius 1 is 1.25 bits per heavy atom. The zero-order valence-corrected chi connectivity index (χ0v) is 7.85. The number of alkyl halides is 3. The minimum absolute atomic E-state index is 0.218. The fourth-order valence-electron chi connectivity index (χ4n) is 0.547. The summed E-state index contributed by atoms with van der Waals surface area (Å²) in [6, 6.07) is 0. The van der Waals surface area contributed by atoms with Crippen molar-refractivity contribution in [3.8, 4) is 0 Å². The highest BCUT2D eigenvalue weighted by Crippen LogP contribution is 2.32. The predicted octanol–water partition coefficient (Wildman–Crippen LogP) is 4.03. The number of halogens is 4. The minimum atomic E-state index is -4.33. The zero-order valence-electron chi connectivity index (χ0n) is 7.09. The van der Waals surface area contributed by atoms with E-state index >= 15 is 0 Å². The van der Waals surface area contributed by atoms with Gasteiger partial charge in [-0.25, -0.2) is 0 Å². The Labute approximate surface area is 74.7 Å².